The molecule has 2 amide bonds. The van der Waals surface area contributed by atoms with Crippen LogP contribution in [0.25, 0.3) is 0 Å². The molecule has 0 spiro atoms. The Morgan fingerprint density at radius 1 is 1.24 bits per heavy atom. The van der Waals surface area contributed by atoms with E-state index in [2.05, 4.69) is 10.1 Å². The van der Waals surface area contributed by atoms with Crippen molar-refractivity contribution in [3.63, 3.8) is 0 Å². The predicted octanol–water partition coefficient (Wildman–Crippen LogP) is 2.85. The number of nitrogens with one attached hydrogen (secondary N) is 1. The summed E-state index contributed by atoms with van der Waals surface area (Å²) in [7, 11) is 0. The highest BCUT2D eigenvalue weighted by atomic mass is 19.4. The lowest BCUT2D eigenvalue weighted by Crippen LogP contribution is -2.44. The first-order valence-electron chi connectivity index (χ1n) is 7.87. The Kier molecular flexibility index (Phi) is 5.29. The van der Waals surface area contributed by atoms with Gasteiger partial charge in [0.1, 0.15) is 5.75 Å². The van der Waals surface area contributed by atoms with Crippen LogP contribution in [-0.2, 0) is 16.1 Å². The number of benzene rings is 1. The molecule has 1 heterocycles. The lowest BCUT2D eigenvalue weighted by atomic mass is 10.0. The molecule has 0 aliphatic carbocycles. The van der Waals surface area contributed by atoms with Gasteiger partial charge in [-0.15, -0.1) is 13.2 Å². The number of nitrogens with zero attached hydrogens (tertiary/aromatic N) is 1. The first-order chi connectivity index (χ1) is 11.4. The van der Waals surface area contributed by atoms with Gasteiger partial charge in [0.15, 0.2) is 0 Å². The smallest absolute Gasteiger partial charge is 0.406 e. The lowest BCUT2D eigenvalue weighted by molar-refractivity contribution is -0.274. The van der Waals surface area contributed by atoms with Crippen molar-refractivity contribution in [2.45, 2.75) is 45.6 Å². The third-order valence-corrected chi connectivity index (χ3v) is 3.61. The molecule has 0 bridgehead atoms. The van der Waals surface area contributed by atoms with Crippen molar-refractivity contribution in [3.8, 4) is 5.75 Å². The van der Waals surface area contributed by atoms with Crippen LogP contribution in [-0.4, -0.2) is 35.2 Å². The molecule has 25 heavy (non-hydrogen) atoms. The predicted molar refractivity (Wildman–Crippen MR) is 84.5 cm³/mol. The number of carbonyl (C=O) groups excluding carboxylic acids is 2. The molecule has 138 valence electrons. The van der Waals surface area contributed by atoms with Crippen LogP contribution >= 0.6 is 0 Å². The van der Waals surface area contributed by atoms with Crippen LogP contribution in [0.4, 0.5) is 13.2 Å². The summed E-state index contributed by atoms with van der Waals surface area (Å²) in [5.41, 5.74) is 0.293. The molecule has 0 radical (unpaired) electrons. The monoisotopic (exact) mass is 358 g/mol. The molecule has 1 aromatic rings. The molecule has 0 saturated carbocycles. The Labute approximate surface area is 144 Å². The lowest BCUT2D eigenvalue weighted by Gasteiger charge is -2.23. The van der Waals surface area contributed by atoms with E-state index in [1.54, 1.807) is 0 Å². The van der Waals surface area contributed by atoms with Gasteiger partial charge in [0, 0.05) is 25.0 Å². The molecule has 5 nitrogen and oxygen atoms in total. The van der Waals surface area contributed by atoms with Gasteiger partial charge >= 0.3 is 6.36 Å². The Balaban J connectivity index is 1.94. The molecule has 1 saturated heterocycles. The Morgan fingerprint density at radius 3 is 2.36 bits per heavy atom. The molecule has 1 aliphatic rings. The van der Waals surface area contributed by atoms with Crippen molar-refractivity contribution < 1.29 is 27.5 Å². The number of alkyl halides is 3. The summed E-state index contributed by atoms with van der Waals surface area (Å²) in [5, 5.41) is 2.85. The molecule has 1 fully saturated rings. The molecule has 2 rings (SSSR count). The van der Waals surface area contributed by atoms with E-state index in [0.717, 1.165) is 0 Å². The minimum Gasteiger partial charge on any atom is -0.406 e. The summed E-state index contributed by atoms with van der Waals surface area (Å²) in [6.07, 6.45) is -4.60. The second-order valence-corrected chi connectivity index (χ2v) is 7.11. The maximum absolute atomic E-state index is 12.2. The second kappa shape index (κ2) is 6.93. The van der Waals surface area contributed by atoms with Gasteiger partial charge in [-0.1, -0.05) is 12.1 Å². The summed E-state index contributed by atoms with van der Waals surface area (Å²) in [6, 6.07) is 5.34. The molecule has 0 unspecified atom stereocenters. The number of carbonyl (C=O) groups is 2. The number of ether oxygens (including phenoxy) is 1. The molecule has 1 N–H and O–H groups in total. The number of hydrogen-bond acceptors (Lipinski definition) is 3. The fraction of sp³-hybridized carbons (Fsp3) is 0.529. The van der Waals surface area contributed by atoms with E-state index in [1.807, 2.05) is 20.8 Å². The van der Waals surface area contributed by atoms with Crippen LogP contribution in [0.5, 0.6) is 5.75 Å². The summed E-state index contributed by atoms with van der Waals surface area (Å²) in [4.78, 5) is 25.8. The SMILES string of the molecule is CC(C)(C)NC(=O)[C@@H]1CC(=O)N(Cc2ccc(OC(F)(F)F)cc2)C1. The van der Waals surface area contributed by atoms with Crippen LogP contribution < -0.4 is 10.1 Å². The number of likely N-dealkylation sites (tertiary alicyclic amines) is 1. The van der Waals surface area contributed by atoms with E-state index in [4.69, 9.17) is 0 Å². The van der Waals surface area contributed by atoms with Gasteiger partial charge in [-0.05, 0) is 38.5 Å². The number of halogens is 3. The van der Waals surface area contributed by atoms with Crippen molar-refractivity contribution in [2.24, 2.45) is 5.92 Å². The van der Waals surface area contributed by atoms with Gasteiger partial charge in [0.05, 0.1) is 5.92 Å². The highest BCUT2D eigenvalue weighted by molar-refractivity contribution is 5.89. The third-order valence-electron chi connectivity index (χ3n) is 3.61. The van der Waals surface area contributed by atoms with Crippen LogP contribution in [0.15, 0.2) is 24.3 Å². The van der Waals surface area contributed by atoms with Crippen molar-refractivity contribution >= 4 is 11.8 Å². The van der Waals surface area contributed by atoms with Crippen LogP contribution in [0.2, 0.25) is 0 Å². The number of rotatable bonds is 4. The third kappa shape index (κ3) is 5.95. The Morgan fingerprint density at radius 2 is 1.84 bits per heavy atom. The summed E-state index contributed by atoms with van der Waals surface area (Å²) >= 11 is 0. The molecule has 1 aliphatic heterocycles. The zero-order valence-electron chi connectivity index (χ0n) is 14.3. The zero-order valence-corrected chi connectivity index (χ0v) is 14.3. The summed E-state index contributed by atoms with van der Waals surface area (Å²) in [6.45, 7) is 6.13. The average Bonchev–Trinajstić information content (AvgIpc) is 2.79. The van der Waals surface area contributed by atoms with E-state index < -0.39 is 12.3 Å². The zero-order chi connectivity index (χ0) is 18.8. The maximum Gasteiger partial charge on any atom is 0.573 e. The molecule has 1 aromatic carbocycles. The first kappa shape index (κ1) is 19.1. The van der Waals surface area contributed by atoms with E-state index in [9.17, 15) is 22.8 Å². The maximum atomic E-state index is 12.2. The largest absolute Gasteiger partial charge is 0.573 e. The second-order valence-electron chi connectivity index (χ2n) is 7.11. The number of hydrogen-bond donors (Lipinski definition) is 1. The average molecular weight is 358 g/mol. The van der Waals surface area contributed by atoms with Crippen molar-refractivity contribution in [1.29, 1.82) is 0 Å². The highest BCUT2D eigenvalue weighted by Crippen LogP contribution is 2.25. The fourth-order valence-corrected chi connectivity index (χ4v) is 2.59. The molecule has 1 atom stereocenters. The van der Waals surface area contributed by atoms with Crippen molar-refractivity contribution in [3.05, 3.63) is 29.8 Å². The van der Waals surface area contributed by atoms with Gasteiger partial charge in [-0.2, -0.15) is 0 Å². The van der Waals surface area contributed by atoms with Gasteiger partial charge in [0.25, 0.3) is 0 Å². The topological polar surface area (TPSA) is 58.6 Å². The van der Waals surface area contributed by atoms with E-state index >= 15 is 0 Å². The van der Waals surface area contributed by atoms with Gasteiger partial charge < -0.3 is 15.0 Å². The van der Waals surface area contributed by atoms with Gasteiger partial charge in [0.2, 0.25) is 11.8 Å². The van der Waals surface area contributed by atoms with Crippen LogP contribution in [0.1, 0.15) is 32.8 Å². The van der Waals surface area contributed by atoms with Crippen LogP contribution in [0.3, 0.4) is 0 Å². The normalized spacial score (nSPS) is 18.4. The van der Waals surface area contributed by atoms with E-state index in [1.165, 1.54) is 29.2 Å². The number of amides is 2. The standard InChI is InChI=1S/C17H21F3N2O3/c1-16(2,3)21-15(24)12-8-14(23)22(10-12)9-11-4-6-13(7-5-11)25-17(18,19)20/h4-7,12H,8-10H2,1-3H3,(H,21,24)/t12-/m1/s1. The quantitative estimate of drug-likeness (QED) is 0.900. The minimum atomic E-state index is -4.74. The minimum absolute atomic E-state index is 0.136. The summed E-state index contributed by atoms with van der Waals surface area (Å²) in [5.74, 6) is -1.05. The molecule has 8 heteroatoms. The molecular formula is C17H21F3N2O3. The molecule has 0 aromatic heterocycles. The highest BCUT2D eigenvalue weighted by Gasteiger charge is 2.35. The van der Waals surface area contributed by atoms with E-state index in [0.29, 0.717) is 12.1 Å². The van der Waals surface area contributed by atoms with Gasteiger partial charge in [-0.3, -0.25) is 9.59 Å². The Bertz CT molecular complexity index is 636. The fourth-order valence-electron chi connectivity index (χ4n) is 2.59. The Hall–Kier alpha value is -2.25. The molecular weight excluding hydrogens is 337 g/mol. The van der Waals surface area contributed by atoms with Crippen molar-refractivity contribution in [2.75, 3.05) is 6.54 Å². The first-order valence-corrected chi connectivity index (χ1v) is 7.87. The van der Waals surface area contributed by atoms with E-state index in [-0.39, 0.29) is 36.1 Å². The van der Waals surface area contributed by atoms with Crippen LogP contribution in [0, 0.1) is 5.92 Å². The van der Waals surface area contributed by atoms with Crippen molar-refractivity contribution in [1.82, 2.24) is 10.2 Å². The summed E-state index contributed by atoms with van der Waals surface area (Å²) < 4.78 is 40.2. The van der Waals surface area contributed by atoms with Gasteiger partial charge in [-0.25, -0.2) is 0 Å².